The summed E-state index contributed by atoms with van der Waals surface area (Å²) in [6, 6.07) is 0. The molecule has 6 fully saturated rings. The minimum absolute atomic E-state index is 0.00904. The number of rotatable bonds is 5. The van der Waals surface area contributed by atoms with Crippen LogP contribution in [0.2, 0.25) is 0 Å². The average molecular weight is 679 g/mol. The average Bonchev–Trinajstić information content (AvgIpc) is 3.20. The summed E-state index contributed by atoms with van der Waals surface area (Å²) in [5.74, 6) is -2.16. The summed E-state index contributed by atoms with van der Waals surface area (Å²) < 4.78 is 17.9. The second-order valence-electron chi connectivity index (χ2n) is 17.9. The van der Waals surface area contributed by atoms with Gasteiger partial charge in [-0.3, -0.25) is 9.59 Å². The summed E-state index contributed by atoms with van der Waals surface area (Å²) in [7, 11) is 0. The number of aliphatic hydroxyl groups excluding tert-OH is 6. The van der Waals surface area contributed by atoms with Gasteiger partial charge in [0.05, 0.1) is 19.3 Å². The summed E-state index contributed by atoms with van der Waals surface area (Å²) in [6.07, 6.45) is -3.66. The molecular weight excluding hydrogens is 624 g/mol. The van der Waals surface area contributed by atoms with Gasteiger partial charge in [0, 0.05) is 0 Å². The number of carboxylic acids is 1. The minimum atomic E-state index is -1.67. The number of ether oxygens (including phenoxy) is 3. The highest BCUT2D eigenvalue weighted by Crippen LogP contribution is 2.76. The second kappa shape index (κ2) is 10.9. The fraction of sp³-hybridized carbons (Fsp3) is 0.889. The third-order valence-corrected chi connectivity index (χ3v) is 15.5. The lowest BCUT2D eigenvalue weighted by Crippen LogP contribution is -2.70. The molecule has 270 valence electrons. The zero-order valence-electron chi connectivity index (χ0n) is 28.7. The topological polar surface area (TPSA) is 203 Å². The van der Waals surface area contributed by atoms with Gasteiger partial charge in [-0.15, -0.1) is 0 Å². The van der Waals surface area contributed by atoms with Crippen LogP contribution in [0.4, 0.5) is 0 Å². The molecule has 7 rings (SSSR count). The molecule has 0 aromatic carbocycles. The third-order valence-electron chi connectivity index (χ3n) is 15.5. The van der Waals surface area contributed by atoms with Gasteiger partial charge in [-0.25, -0.2) is 0 Å². The maximum Gasteiger partial charge on any atom is 0.317 e. The fourth-order valence-corrected chi connectivity index (χ4v) is 12.7. The third kappa shape index (κ3) is 4.17. The SMILES string of the molecule is CC1(C)CC[C@]2(C(=O)O)[C@H](O)C[C@]3(C)C(=CC[C@@H]4[C@@]5(C)C[C@@H]6OC(=O)[C@](CO)([C@@H]5CC[C@]43C)[C@H]6O[C@@H]3O[C@H](CO)[C@@H](O)[C@H](O)[C@H]3O)[C@@H]2C1. The van der Waals surface area contributed by atoms with E-state index in [0.29, 0.717) is 44.9 Å². The van der Waals surface area contributed by atoms with Gasteiger partial charge < -0.3 is 50.0 Å². The van der Waals surface area contributed by atoms with E-state index in [9.17, 15) is 45.3 Å². The summed E-state index contributed by atoms with van der Waals surface area (Å²) in [4.78, 5) is 26.9. The highest BCUT2D eigenvalue weighted by molar-refractivity contribution is 5.82. The standard InChI is InChI=1S/C36H54O12/c1-31(2)10-11-35(29(43)44)18(12-31)17-6-7-21-32(3)13-19-27(48-28-26(42)25(41)24(40)20(15-37)46-28)36(16-38,30(45)47-19)22(32)8-9-33(21,4)34(17,5)14-23(35)39/h6,18-28,37-42H,7-16H2,1-5H3,(H,43,44)/t18-,19-,20+,21+,22+,23+,24+,25-,26+,27-,28-,32+,33+,34+,35+,36+/m0/s1. The number of esters is 1. The molecule has 12 heteroatoms. The van der Waals surface area contributed by atoms with Gasteiger partial charge in [0.15, 0.2) is 6.29 Å². The predicted octanol–water partition coefficient (Wildman–Crippen LogP) is 1.52. The quantitative estimate of drug-likeness (QED) is 0.126. The van der Waals surface area contributed by atoms with Crippen molar-refractivity contribution in [1.29, 1.82) is 0 Å². The van der Waals surface area contributed by atoms with Gasteiger partial charge >= 0.3 is 11.9 Å². The number of carboxylic acid groups (broad SMARTS) is 1. The predicted molar refractivity (Wildman–Crippen MR) is 168 cm³/mol. The highest BCUT2D eigenvalue weighted by atomic mass is 16.7. The number of hydrogen-bond acceptors (Lipinski definition) is 11. The van der Waals surface area contributed by atoms with Crippen molar-refractivity contribution >= 4 is 11.9 Å². The molecule has 16 atom stereocenters. The van der Waals surface area contributed by atoms with Gasteiger partial charge in [0.25, 0.3) is 0 Å². The molecule has 7 N–H and O–H groups in total. The monoisotopic (exact) mass is 678 g/mol. The van der Waals surface area contributed by atoms with Crippen LogP contribution in [0.25, 0.3) is 0 Å². The fourth-order valence-electron chi connectivity index (χ4n) is 12.7. The number of allylic oxidation sites excluding steroid dienone is 2. The van der Waals surface area contributed by atoms with Crippen LogP contribution >= 0.6 is 0 Å². The number of fused-ring (bicyclic) bond motifs is 10. The number of aliphatic hydroxyl groups is 6. The van der Waals surface area contributed by atoms with E-state index in [1.807, 2.05) is 0 Å². The van der Waals surface area contributed by atoms with Crippen molar-refractivity contribution in [2.45, 2.75) is 135 Å². The molecule has 0 spiro atoms. The zero-order valence-corrected chi connectivity index (χ0v) is 28.7. The molecule has 0 aromatic rings. The van der Waals surface area contributed by atoms with E-state index in [0.717, 1.165) is 12.0 Å². The van der Waals surface area contributed by atoms with E-state index in [1.54, 1.807) is 0 Å². The normalized spacial score (nSPS) is 55.4. The van der Waals surface area contributed by atoms with Crippen LogP contribution in [0.1, 0.15) is 86.0 Å². The lowest BCUT2D eigenvalue weighted by molar-refractivity contribution is -0.331. The Hall–Kier alpha value is -1.64. The van der Waals surface area contributed by atoms with E-state index in [1.165, 1.54) is 0 Å². The van der Waals surface area contributed by atoms with Crippen molar-refractivity contribution in [3.8, 4) is 0 Å². The Kier molecular flexibility index (Phi) is 7.92. The van der Waals surface area contributed by atoms with Crippen LogP contribution in [0.5, 0.6) is 0 Å². The molecule has 0 amide bonds. The van der Waals surface area contributed by atoms with Crippen LogP contribution in [0.3, 0.4) is 0 Å². The molecule has 0 unspecified atom stereocenters. The van der Waals surface area contributed by atoms with Crippen LogP contribution in [-0.4, -0.2) is 110 Å². The minimum Gasteiger partial charge on any atom is -0.481 e. The van der Waals surface area contributed by atoms with Crippen molar-refractivity contribution in [2.75, 3.05) is 13.2 Å². The van der Waals surface area contributed by atoms with Crippen molar-refractivity contribution < 1.29 is 59.5 Å². The first-order valence-electron chi connectivity index (χ1n) is 17.8. The molecule has 12 nitrogen and oxygen atoms in total. The Morgan fingerprint density at radius 2 is 1.65 bits per heavy atom. The summed E-state index contributed by atoms with van der Waals surface area (Å²) in [6.45, 7) is 9.81. The van der Waals surface area contributed by atoms with Gasteiger partial charge in [0.1, 0.15) is 47.5 Å². The molecule has 5 aliphatic carbocycles. The van der Waals surface area contributed by atoms with Crippen LogP contribution in [0.15, 0.2) is 11.6 Å². The van der Waals surface area contributed by atoms with E-state index < -0.39 is 95.8 Å². The van der Waals surface area contributed by atoms with Crippen LogP contribution in [0, 0.1) is 50.2 Å². The smallest absolute Gasteiger partial charge is 0.317 e. The number of carbonyl (C=O) groups is 2. The Balaban J connectivity index is 1.26. The van der Waals surface area contributed by atoms with Gasteiger partial charge in [-0.05, 0) is 90.8 Å². The number of aliphatic carboxylic acids is 1. The molecule has 0 radical (unpaired) electrons. The summed E-state index contributed by atoms with van der Waals surface area (Å²) in [5.41, 5.74) is -3.00. The lowest BCUT2D eigenvalue weighted by atomic mass is 9.33. The molecule has 7 aliphatic rings. The summed E-state index contributed by atoms with van der Waals surface area (Å²) in [5, 5.41) is 74.9. The number of hydrogen-bond donors (Lipinski definition) is 7. The van der Waals surface area contributed by atoms with E-state index in [4.69, 9.17) is 14.2 Å². The van der Waals surface area contributed by atoms with Crippen molar-refractivity contribution in [3.63, 3.8) is 0 Å². The van der Waals surface area contributed by atoms with Crippen LogP contribution in [-0.2, 0) is 23.8 Å². The van der Waals surface area contributed by atoms with Crippen molar-refractivity contribution in [1.82, 2.24) is 0 Å². The van der Waals surface area contributed by atoms with E-state index in [-0.39, 0.29) is 28.6 Å². The second-order valence-corrected chi connectivity index (χ2v) is 17.9. The first-order chi connectivity index (χ1) is 22.4. The van der Waals surface area contributed by atoms with Crippen LogP contribution < -0.4 is 0 Å². The maximum absolute atomic E-state index is 13.9. The zero-order chi connectivity index (χ0) is 35.0. The lowest BCUT2D eigenvalue weighted by Gasteiger charge is -2.71. The Bertz CT molecular complexity index is 1380. The Labute approximate surface area is 281 Å². The molecule has 2 heterocycles. The molecule has 0 aromatic heterocycles. The number of carbonyl (C=O) groups excluding carboxylic acids is 1. The maximum atomic E-state index is 13.9. The van der Waals surface area contributed by atoms with Crippen molar-refractivity contribution in [2.24, 2.45) is 50.2 Å². The van der Waals surface area contributed by atoms with Gasteiger partial charge in [0.2, 0.25) is 0 Å². The van der Waals surface area contributed by atoms with E-state index in [2.05, 4.69) is 40.7 Å². The Morgan fingerprint density at radius 3 is 2.29 bits per heavy atom. The molecule has 2 saturated heterocycles. The molecule has 4 saturated carbocycles. The molecular formula is C36H54O12. The molecule has 2 bridgehead atoms. The Morgan fingerprint density at radius 1 is 0.938 bits per heavy atom. The molecule has 2 aliphatic heterocycles. The van der Waals surface area contributed by atoms with E-state index >= 15 is 0 Å². The summed E-state index contributed by atoms with van der Waals surface area (Å²) >= 11 is 0. The molecule has 48 heavy (non-hydrogen) atoms. The first-order valence-corrected chi connectivity index (χ1v) is 17.8. The van der Waals surface area contributed by atoms with Crippen molar-refractivity contribution in [3.05, 3.63) is 11.6 Å². The highest BCUT2D eigenvalue weighted by Gasteiger charge is 2.77. The van der Waals surface area contributed by atoms with Gasteiger partial charge in [-0.2, -0.15) is 0 Å². The largest absolute Gasteiger partial charge is 0.481 e. The van der Waals surface area contributed by atoms with Gasteiger partial charge in [-0.1, -0.05) is 46.3 Å². The first kappa shape index (κ1) is 34.8.